The molecule has 0 spiro atoms. The fourth-order valence-corrected chi connectivity index (χ4v) is 6.33. The first kappa shape index (κ1) is 28.7. The molecule has 1 aliphatic heterocycles. The van der Waals surface area contributed by atoms with Gasteiger partial charge in [0, 0.05) is 11.3 Å². The molecule has 0 aliphatic carbocycles. The Morgan fingerprint density at radius 3 is 2.46 bits per heavy atom. The van der Waals surface area contributed by atoms with Crippen LogP contribution in [0.1, 0.15) is 45.9 Å². The van der Waals surface area contributed by atoms with Crippen molar-refractivity contribution in [3.05, 3.63) is 81.9 Å². The third-order valence-corrected chi connectivity index (χ3v) is 9.10. The molecule has 0 saturated carbocycles. The van der Waals surface area contributed by atoms with E-state index in [4.69, 9.17) is 0 Å². The Bertz CT molecular complexity index is 1330. The lowest BCUT2D eigenvalue weighted by Gasteiger charge is -2.33. The second kappa shape index (κ2) is 12.3. The molecule has 3 aromatic rings. The first-order valence-electron chi connectivity index (χ1n) is 12.7. The molecule has 206 valence electrons. The van der Waals surface area contributed by atoms with Crippen LogP contribution in [0, 0.1) is 13.8 Å². The topological polar surface area (TPSA) is 125 Å². The number of benzene rings is 2. The lowest BCUT2D eigenvalue weighted by molar-refractivity contribution is -0.147. The van der Waals surface area contributed by atoms with Crippen LogP contribution in [0.25, 0.3) is 0 Å². The number of hydrogen-bond donors (Lipinski definition) is 3. The van der Waals surface area contributed by atoms with Gasteiger partial charge < -0.3 is 20.6 Å². The molecule has 11 heteroatoms. The van der Waals surface area contributed by atoms with E-state index in [2.05, 4.69) is 20.2 Å². The van der Waals surface area contributed by atoms with Crippen molar-refractivity contribution >= 4 is 41.0 Å². The van der Waals surface area contributed by atoms with Crippen molar-refractivity contribution in [1.29, 1.82) is 0 Å². The Morgan fingerprint density at radius 1 is 1.10 bits per heavy atom. The van der Waals surface area contributed by atoms with Crippen molar-refractivity contribution in [2.45, 2.75) is 63.6 Å². The highest BCUT2D eigenvalue weighted by atomic mass is 32.2. The molecule has 2 aromatic carbocycles. The number of carbonyl (C=O) groups is 3. The van der Waals surface area contributed by atoms with Gasteiger partial charge in [-0.1, -0.05) is 59.1 Å². The van der Waals surface area contributed by atoms with Gasteiger partial charge in [0.05, 0.1) is 17.6 Å². The van der Waals surface area contributed by atoms with E-state index in [1.165, 1.54) is 16.7 Å². The summed E-state index contributed by atoms with van der Waals surface area (Å²) >= 11 is 2.43. The Labute approximate surface area is 236 Å². The van der Waals surface area contributed by atoms with Gasteiger partial charge in [0.1, 0.15) is 10.9 Å². The van der Waals surface area contributed by atoms with Crippen LogP contribution in [0.4, 0.5) is 0 Å². The zero-order chi connectivity index (χ0) is 28.2. The molecule has 4 rings (SSSR count). The summed E-state index contributed by atoms with van der Waals surface area (Å²) in [6.07, 6.45) is -1.35. The van der Waals surface area contributed by atoms with E-state index >= 15 is 0 Å². The van der Waals surface area contributed by atoms with Gasteiger partial charge in [0.25, 0.3) is 11.8 Å². The highest BCUT2D eigenvalue weighted by Crippen LogP contribution is 2.40. The van der Waals surface area contributed by atoms with Crippen molar-refractivity contribution in [1.82, 2.24) is 25.1 Å². The number of amides is 3. The third-order valence-electron chi connectivity index (χ3n) is 6.90. The highest BCUT2D eigenvalue weighted by Gasteiger charge is 2.49. The summed E-state index contributed by atoms with van der Waals surface area (Å²) in [7, 11) is 0. The standard InChI is InChI=1S/C28H33N5O4S2/c1-17-10-8-9-13-20(17)15-29-26(36)24-28(3,4)38-16-33(24)27(37)22(34)21(14-19-11-6-5-7-12-19)30-25(35)23-18(2)31-32-39-23/h5-13,21-22,24,34H,14-16H2,1-4H3,(H,29,36)(H,30,35). The van der Waals surface area contributed by atoms with Gasteiger partial charge in [-0.3, -0.25) is 14.4 Å². The summed E-state index contributed by atoms with van der Waals surface area (Å²) < 4.78 is 3.24. The monoisotopic (exact) mass is 567 g/mol. The molecule has 3 amide bonds. The zero-order valence-corrected chi connectivity index (χ0v) is 24.0. The molecule has 1 aliphatic rings. The van der Waals surface area contributed by atoms with Gasteiger partial charge in [0.2, 0.25) is 5.91 Å². The van der Waals surface area contributed by atoms with E-state index in [1.807, 2.05) is 75.4 Å². The van der Waals surface area contributed by atoms with Crippen LogP contribution in [0.5, 0.6) is 0 Å². The summed E-state index contributed by atoms with van der Waals surface area (Å²) in [6.45, 7) is 7.82. The predicted molar refractivity (Wildman–Crippen MR) is 152 cm³/mol. The van der Waals surface area contributed by atoms with Crippen LogP contribution < -0.4 is 10.6 Å². The molecule has 3 unspecified atom stereocenters. The molecular weight excluding hydrogens is 534 g/mol. The number of carbonyl (C=O) groups excluding carboxylic acids is 3. The number of rotatable bonds is 9. The zero-order valence-electron chi connectivity index (χ0n) is 22.4. The smallest absolute Gasteiger partial charge is 0.265 e. The minimum Gasteiger partial charge on any atom is -0.381 e. The number of nitrogens with one attached hydrogen (secondary N) is 2. The Kier molecular flexibility index (Phi) is 9.04. The lowest BCUT2D eigenvalue weighted by atomic mass is 9.97. The summed E-state index contributed by atoms with van der Waals surface area (Å²) in [5, 5.41) is 21.0. The normalized spacial score (nSPS) is 17.9. The fourth-order valence-electron chi connectivity index (χ4n) is 4.63. The number of aromatic nitrogens is 2. The predicted octanol–water partition coefficient (Wildman–Crippen LogP) is 2.85. The van der Waals surface area contributed by atoms with Crippen LogP contribution in [0.2, 0.25) is 0 Å². The van der Waals surface area contributed by atoms with E-state index in [9.17, 15) is 19.5 Å². The van der Waals surface area contributed by atoms with E-state index in [-0.39, 0.29) is 18.2 Å². The largest absolute Gasteiger partial charge is 0.381 e. The summed E-state index contributed by atoms with van der Waals surface area (Å²) in [4.78, 5) is 41.9. The molecule has 0 bridgehead atoms. The Balaban J connectivity index is 1.54. The number of aliphatic hydroxyl groups is 1. The summed E-state index contributed by atoms with van der Waals surface area (Å²) in [5.41, 5.74) is 3.37. The second-order valence-electron chi connectivity index (χ2n) is 10.1. The van der Waals surface area contributed by atoms with Crippen LogP contribution in [-0.4, -0.2) is 66.1 Å². The highest BCUT2D eigenvalue weighted by molar-refractivity contribution is 8.00. The van der Waals surface area contributed by atoms with Gasteiger partial charge in [-0.15, -0.1) is 16.9 Å². The Morgan fingerprint density at radius 2 is 1.79 bits per heavy atom. The molecule has 2 heterocycles. The average molecular weight is 568 g/mol. The lowest BCUT2D eigenvalue weighted by Crippen LogP contribution is -2.58. The number of thioether (sulfide) groups is 1. The number of aryl methyl sites for hydroxylation is 2. The number of aliphatic hydroxyl groups excluding tert-OH is 1. The fraction of sp³-hybridized carbons (Fsp3) is 0.393. The van der Waals surface area contributed by atoms with Crippen molar-refractivity contribution in [3.8, 4) is 0 Å². The van der Waals surface area contributed by atoms with Crippen LogP contribution in [-0.2, 0) is 22.6 Å². The minimum atomic E-state index is -1.57. The molecule has 0 radical (unpaired) electrons. The van der Waals surface area contributed by atoms with Crippen molar-refractivity contribution in [2.24, 2.45) is 0 Å². The maximum Gasteiger partial charge on any atom is 0.265 e. The van der Waals surface area contributed by atoms with Gasteiger partial charge in [0.15, 0.2) is 6.10 Å². The van der Waals surface area contributed by atoms with Crippen molar-refractivity contribution < 1.29 is 19.5 Å². The summed E-state index contributed by atoms with van der Waals surface area (Å²) in [6, 6.07) is 15.4. The van der Waals surface area contributed by atoms with Crippen LogP contribution >= 0.6 is 23.3 Å². The Hall–Kier alpha value is -3.28. The van der Waals surface area contributed by atoms with Crippen LogP contribution in [0.3, 0.4) is 0 Å². The molecule has 1 saturated heterocycles. The first-order valence-corrected chi connectivity index (χ1v) is 14.4. The molecule has 3 atom stereocenters. The van der Waals surface area contributed by atoms with E-state index < -0.39 is 34.7 Å². The van der Waals surface area contributed by atoms with E-state index in [1.54, 1.807) is 6.92 Å². The van der Waals surface area contributed by atoms with E-state index in [0.717, 1.165) is 28.2 Å². The SMILES string of the molecule is Cc1ccccc1CNC(=O)C1N(C(=O)C(O)C(Cc2ccccc2)NC(=O)c2snnc2C)CSC1(C)C. The van der Waals surface area contributed by atoms with Gasteiger partial charge in [-0.25, -0.2) is 0 Å². The maximum absolute atomic E-state index is 13.8. The second-order valence-corrected chi connectivity index (χ2v) is 12.5. The molecule has 1 aromatic heterocycles. The molecule has 1 fully saturated rings. The van der Waals surface area contributed by atoms with Gasteiger partial charge >= 0.3 is 0 Å². The van der Waals surface area contributed by atoms with Crippen LogP contribution in [0.15, 0.2) is 54.6 Å². The number of hydrogen-bond acceptors (Lipinski definition) is 8. The molecule has 39 heavy (non-hydrogen) atoms. The third kappa shape index (κ3) is 6.66. The minimum absolute atomic E-state index is 0.222. The molecule has 9 nitrogen and oxygen atoms in total. The molecule has 3 N–H and O–H groups in total. The van der Waals surface area contributed by atoms with E-state index in [0.29, 0.717) is 17.1 Å². The number of nitrogens with zero attached hydrogens (tertiary/aromatic N) is 3. The average Bonchev–Trinajstić information content (AvgIpc) is 3.49. The summed E-state index contributed by atoms with van der Waals surface area (Å²) in [5.74, 6) is -1.11. The van der Waals surface area contributed by atoms with Gasteiger partial charge in [-0.05, 0) is 62.3 Å². The quantitative estimate of drug-likeness (QED) is 0.363. The molecular formula is C28H33N5O4S2. The first-order chi connectivity index (χ1) is 18.6. The van der Waals surface area contributed by atoms with Crippen molar-refractivity contribution in [2.75, 3.05) is 5.88 Å². The maximum atomic E-state index is 13.8. The van der Waals surface area contributed by atoms with Gasteiger partial charge in [-0.2, -0.15) is 0 Å². The van der Waals surface area contributed by atoms with Crippen molar-refractivity contribution in [3.63, 3.8) is 0 Å².